The van der Waals surface area contributed by atoms with Crippen molar-refractivity contribution < 1.29 is 5.11 Å². The Labute approximate surface area is 99.6 Å². The summed E-state index contributed by atoms with van der Waals surface area (Å²) in [7, 11) is 0. The van der Waals surface area contributed by atoms with E-state index in [0.29, 0.717) is 5.92 Å². The molecule has 0 radical (unpaired) electrons. The SMILES string of the molecule is CC(C)c1ccc(Br)cc1CC1(O)CC1. The predicted octanol–water partition coefficient (Wildman–Crippen LogP) is 3.64. The van der Waals surface area contributed by atoms with Crippen LogP contribution in [0.25, 0.3) is 0 Å². The number of benzene rings is 1. The minimum Gasteiger partial charge on any atom is -0.390 e. The van der Waals surface area contributed by atoms with E-state index in [1.54, 1.807) is 0 Å². The van der Waals surface area contributed by atoms with Gasteiger partial charge in [-0.25, -0.2) is 0 Å². The topological polar surface area (TPSA) is 20.2 Å². The molecule has 82 valence electrons. The molecule has 0 atom stereocenters. The van der Waals surface area contributed by atoms with Crippen molar-refractivity contribution in [2.75, 3.05) is 0 Å². The minimum absolute atomic E-state index is 0.398. The second kappa shape index (κ2) is 3.91. The van der Waals surface area contributed by atoms with E-state index in [4.69, 9.17) is 0 Å². The van der Waals surface area contributed by atoms with Crippen molar-refractivity contribution in [3.63, 3.8) is 0 Å². The van der Waals surface area contributed by atoms with Gasteiger partial charge in [0, 0.05) is 10.9 Å². The third kappa shape index (κ3) is 2.61. The molecule has 15 heavy (non-hydrogen) atoms. The molecule has 1 aromatic rings. The molecule has 0 aliphatic heterocycles. The molecule has 0 amide bonds. The van der Waals surface area contributed by atoms with Crippen LogP contribution in [0.1, 0.15) is 43.7 Å². The fourth-order valence-corrected chi connectivity index (χ4v) is 2.37. The van der Waals surface area contributed by atoms with Crippen LogP contribution in [0.15, 0.2) is 22.7 Å². The zero-order valence-electron chi connectivity index (χ0n) is 9.26. The molecule has 0 spiro atoms. The zero-order valence-corrected chi connectivity index (χ0v) is 10.8. The molecule has 0 saturated heterocycles. The van der Waals surface area contributed by atoms with E-state index in [2.05, 4.69) is 48.0 Å². The van der Waals surface area contributed by atoms with Crippen molar-refractivity contribution in [1.29, 1.82) is 0 Å². The lowest BCUT2D eigenvalue weighted by Crippen LogP contribution is -2.12. The van der Waals surface area contributed by atoms with Crippen molar-refractivity contribution >= 4 is 15.9 Å². The maximum absolute atomic E-state index is 9.96. The van der Waals surface area contributed by atoms with E-state index in [1.807, 2.05) is 0 Å². The second-order valence-electron chi connectivity index (χ2n) is 4.90. The van der Waals surface area contributed by atoms with E-state index >= 15 is 0 Å². The first-order valence-corrected chi connectivity index (χ1v) is 6.30. The summed E-state index contributed by atoms with van der Waals surface area (Å²) in [6.45, 7) is 4.40. The third-order valence-corrected chi connectivity index (χ3v) is 3.57. The first-order valence-electron chi connectivity index (χ1n) is 5.51. The molecular weight excluding hydrogens is 252 g/mol. The lowest BCUT2D eigenvalue weighted by molar-refractivity contribution is 0.150. The Balaban J connectivity index is 2.29. The van der Waals surface area contributed by atoms with Gasteiger partial charge in [-0.15, -0.1) is 0 Å². The fourth-order valence-electron chi connectivity index (χ4n) is 1.97. The first-order chi connectivity index (χ1) is 7.00. The van der Waals surface area contributed by atoms with Gasteiger partial charge in [0.1, 0.15) is 0 Å². The lowest BCUT2D eigenvalue weighted by Gasteiger charge is -2.15. The highest BCUT2D eigenvalue weighted by molar-refractivity contribution is 9.10. The zero-order chi connectivity index (χ0) is 11.1. The summed E-state index contributed by atoms with van der Waals surface area (Å²) in [5, 5.41) is 9.96. The molecule has 2 heteroatoms. The largest absolute Gasteiger partial charge is 0.390 e. The van der Waals surface area contributed by atoms with Crippen LogP contribution in [-0.4, -0.2) is 10.7 Å². The van der Waals surface area contributed by atoms with Crippen LogP contribution in [0.2, 0.25) is 0 Å². The van der Waals surface area contributed by atoms with Gasteiger partial charge >= 0.3 is 0 Å². The summed E-state index contributed by atoms with van der Waals surface area (Å²) in [5.74, 6) is 0.524. The molecule has 0 aromatic heterocycles. The minimum atomic E-state index is -0.398. The predicted molar refractivity (Wildman–Crippen MR) is 66.1 cm³/mol. The standard InChI is InChI=1S/C13H17BrO/c1-9(2)12-4-3-11(14)7-10(12)8-13(15)5-6-13/h3-4,7,9,15H,5-6,8H2,1-2H3. The van der Waals surface area contributed by atoms with Crippen molar-refractivity contribution in [3.05, 3.63) is 33.8 Å². The molecule has 2 rings (SSSR count). The second-order valence-corrected chi connectivity index (χ2v) is 5.81. The Morgan fingerprint density at radius 1 is 1.40 bits per heavy atom. The molecule has 1 saturated carbocycles. The smallest absolute Gasteiger partial charge is 0.0690 e. The monoisotopic (exact) mass is 268 g/mol. The van der Waals surface area contributed by atoms with Crippen LogP contribution >= 0.6 is 15.9 Å². The van der Waals surface area contributed by atoms with E-state index in [0.717, 1.165) is 23.7 Å². The summed E-state index contributed by atoms with van der Waals surface area (Å²) in [6, 6.07) is 6.39. The molecule has 1 aliphatic carbocycles. The molecule has 1 aromatic carbocycles. The molecule has 0 bridgehead atoms. The van der Waals surface area contributed by atoms with Crippen LogP contribution < -0.4 is 0 Å². The maximum atomic E-state index is 9.96. The normalized spacial score (nSPS) is 18.2. The van der Waals surface area contributed by atoms with Gasteiger partial charge in [-0.2, -0.15) is 0 Å². The van der Waals surface area contributed by atoms with Crippen molar-refractivity contribution in [1.82, 2.24) is 0 Å². The molecule has 0 unspecified atom stereocenters. The molecule has 1 aliphatic rings. The highest BCUT2D eigenvalue weighted by atomic mass is 79.9. The van der Waals surface area contributed by atoms with Crippen LogP contribution in [-0.2, 0) is 6.42 Å². The molecule has 0 heterocycles. The summed E-state index contributed by atoms with van der Waals surface area (Å²) in [6.07, 6.45) is 2.72. The van der Waals surface area contributed by atoms with Crippen LogP contribution in [0.3, 0.4) is 0 Å². The quantitative estimate of drug-likeness (QED) is 0.888. The van der Waals surface area contributed by atoms with Gasteiger partial charge in [-0.1, -0.05) is 35.8 Å². The van der Waals surface area contributed by atoms with Gasteiger partial charge in [0.25, 0.3) is 0 Å². The average molecular weight is 269 g/mol. The molecule has 1 N–H and O–H groups in total. The number of hydrogen-bond acceptors (Lipinski definition) is 1. The summed E-state index contributed by atoms with van der Waals surface area (Å²) >= 11 is 3.49. The van der Waals surface area contributed by atoms with Crippen LogP contribution in [0.5, 0.6) is 0 Å². The van der Waals surface area contributed by atoms with Gasteiger partial charge < -0.3 is 5.11 Å². The maximum Gasteiger partial charge on any atom is 0.0690 e. The van der Waals surface area contributed by atoms with Crippen LogP contribution in [0, 0.1) is 0 Å². The van der Waals surface area contributed by atoms with Crippen molar-refractivity contribution in [2.45, 2.75) is 44.6 Å². The summed E-state index contributed by atoms with van der Waals surface area (Å²) in [4.78, 5) is 0. The highest BCUT2D eigenvalue weighted by Crippen LogP contribution is 2.40. The average Bonchev–Trinajstić information content (AvgIpc) is 2.82. The lowest BCUT2D eigenvalue weighted by atomic mass is 9.93. The fraction of sp³-hybridized carbons (Fsp3) is 0.538. The van der Waals surface area contributed by atoms with Gasteiger partial charge in [-0.3, -0.25) is 0 Å². The van der Waals surface area contributed by atoms with Gasteiger partial charge in [-0.05, 0) is 42.0 Å². The van der Waals surface area contributed by atoms with Crippen molar-refractivity contribution in [3.8, 4) is 0 Å². The van der Waals surface area contributed by atoms with Gasteiger partial charge in [0.2, 0.25) is 0 Å². The van der Waals surface area contributed by atoms with Gasteiger partial charge in [0.15, 0.2) is 0 Å². The summed E-state index contributed by atoms with van der Waals surface area (Å²) in [5.41, 5.74) is 2.25. The van der Waals surface area contributed by atoms with E-state index in [1.165, 1.54) is 11.1 Å². The van der Waals surface area contributed by atoms with Crippen LogP contribution in [0.4, 0.5) is 0 Å². The molecule has 1 fully saturated rings. The first kappa shape index (κ1) is 11.2. The number of halogens is 1. The summed E-state index contributed by atoms with van der Waals surface area (Å²) < 4.78 is 1.10. The Hall–Kier alpha value is -0.340. The Morgan fingerprint density at radius 3 is 2.60 bits per heavy atom. The Bertz CT molecular complexity index is 367. The van der Waals surface area contributed by atoms with Gasteiger partial charge in [0.05, 0.1) is 5.60 Å². The number of hydrogen-bond donors (Lipinski definition) is 1. The number of aliphatic hydroxyl groups is 1. The molecular formula is C13H17BrO. The Kier molecular flexibility index (Phi) is 2.91. The number of rotatable bonds is 3. The highest BCUT2D eigenvalue weighted by Gasteiger charge is 2.40. The van der Waals surface area contributed by atoms with E-state index in [-0.39, 0.29) is 0 Å². The van der Waals surface area contributed by atoms with Crippen molar-refractivity contribution in [2.24, 2.45) is 0 Å². The molecule has 1 nitrogen and oxygen atoms in total. The third-order valence-electron chi connectivity index (χ3n) is 3.07. The Morgan fingerprint density at radius 2 is 2.07 bits per heavy atom. The van der Waals surface area contributed by atoms with E-state index < -0.39 is 5.60 Å². The van der Waals surface area contributed by atoms with E-state index in [9.17, 15) is 5.11 Å².